The lowest BCUT2D eigenvalue weighted by atomic mass is 9.86. The molecule has 0 spiro atoms. The number of hydrogen-bond donors (Lipinski definition) is 0. The van der Waals surface area contributed by atoms with Crippen LogP contribution in [0.15, 0.2) is 18.2 Å². The Balaban J connectivity index is 1.58. The molecule has 1 aromatic carbocycles. The van der Waals surface area contributed by atoms with Crippen LogP contribution >= 0.6 is 0 Å². The van der Waals surface area contributed by atoms with E-state index in [-0.39, 0.29) is 6.03 Å². The molecule has 3 rings (SSSR count). The highest BCUT2D eigenvalue weighted by molar-refractivity contribution is 5.73. The Labute approximate surface area is 170 Å². The molecule has 0 saturated carbocycles. The molecule has 1 aliphatic carbocycles. The lowest BCUT2D eigenvalue weighted by Gasteiger charge is -2.40. The first-order chi connectivity index (χ1) is 13.5. The van der Waals surface area contributed by atoms with Gasteiger partial charge in [-0.25, -0.2) is 4.79 Å². The van der Waals surface area contributed by atoms with Gasteiger partial charge in [0.15, 0.2) is 0 Å². The number of carbonyl (C=O) groups excluding carboxylic acids is 1. The minimum Gasteiger partial charge on any atom is -0.497 e. The van der Waals surface area contributed by atoms with E-state index >= 15 is 0 Å². The molecule has 2 amide bonds. The summed E-state index contributed by atoms with van der Waals surface area (Å²) in [7, 11) is 5.43. The van der Waals surface area contributed by atoms with Crippen LogP contribution in [0.3, 0.4) is 0 Å². The predicted molar refractivity (Wildman–Crippen MR) is 114 cm³/mol. The van der Waals surface area contributed by atoms with Crippen molar-refractivity contribution in [3.63, 3.8) is 0 Å². The van der Waals surface area contributed by atoms with E-state index in [1.165, 1.54) is 37.1 Å². The van der Waals surface area contributed by atoms with Crippen molar-refractivity contribution in [3.05, 3.63) is 29.3 Å². The van der Waals surface area contributed by atoms with Crippen LogP contribution < -0.4 is 4.74 Å². The minimum absolute atomic E-state index is 0.156. The maximum Gasteiger partial charge on any atom is 0.319 e. The minimum atomic E-state index is 0.156. The first-order valence-corrected chi connectivity index (χ1v) is 10.9. The van der Waals surface area contributed by atoms with Gasteiger partial charge in [0, 0.05) is 39.8 Å². The number of methoxy groups -OCH3 is 1. The summed E-state index contributed by atoms with van der Waals surface area (Å²) in [5, 5.41) is 0. The maximum absolute atomic E-state index is 12.2. The molecule has 0 bridgehead atoms. The van der Waals surface area contributed by atoms with Crippen molar-refractivity contribution in [3.8, 4) is 5.75 Å². The van der Waals surface area contributed by atoms with Crippen molar-refractivity contribution >= 4 is 6.03 Å². The molecule has 5 nitrogen and oxygen atoms in total. The highest BCUT2D eigenvalue weighted by atomic mass is 16.5. The first kappa shape index (κ1) is 21.0. The highest BCUT2D eigenvalue weighted by Gasteiger charge is 2.29. The van der Waals surface area contributed by atoms with E-state index in [1.54, 1.807) is 12.0 Å². The number of amides is 2. The van der Waals surface area contributed by atoms with Crippen LogP contribution in [0.25, 0.3) is 0 Å². The van der Waals surface area contributed by atoms with E-state index in [1.807, 2.05) is 19.0 Å². The fraction of sp³-hybridized carbons (Fsp3) is 0.696. The Hall–Kier alpha value is -1.75. The highest BCUT2D eigenvalue weighted by Crippen LogP contribution is 2.29. The van der Waals surface area contributed by atoms with Gasteiger partial charge in [-0.15, -0.1) is 0 Å². The Morgan fingerprint density at radius 1 is 1.18 bits per heavy atom. The third kappa shape index (κ3) is 4.99. The zero-order valence-electron chi connectivity index (χ0n) is 18.1. The second-order valence-electron chi connectivity index (χ2n) is 8.63. The van der Waals surface area contributed by atoms with Gasteiger partial charge in [-0.2, -0.15) is 0 Å². The van der Waals surface area contributed by atoms with Crippen molar-refractivity contribution in [1.29, 1.82) is 0 Å². The number of rotatable bonds is 6. The average Bonchev–Trinajstić information content (AvgIpc) is 2.72. The fourth-order valence-corrected chi connectivity index (χ4v) is 4.78. The van der Waals surface area contributed by atoms with Crippen LogP contribution in [-0.2, 0) is 12.8 Å². The van der Waals surface area contributed by atoms with Gasteiger partial charge in [-0.3, -0.25) is 4.90 Å². The van der Waals surface area contributed by atoms with Gasteiger partial charge >= 0.3 is 6.03 Å². The Kier molecular flexibility index (Phi) is 7.22. The van der Waals surface area contributed by atoms with Gasteiger partial charge < -0.3 is 14.5 Å². The normalized spacial score (nSPS) is 20.2. The smallest absolute Gasteiger partial charge is 0.319 e. The molecule has 5 heteroatoms. The van der Waals surface area contributed by atoms with E-state index in [2.05, 4.69) is 30.0 Å². The molecule has 28 heavy (non-hydrogen) atoms. The van der Waals surface area contributed by atoms with Crippen LogP contribution in [0.5, 0.6) is 5.75 Å². The van der Waals surface area contributed by atoms with Crippen LogP contribution in [0.4, 0.5) is 4.79 Å². The van der Waals surface area contributed by atoms with Crippen molar-refractivity contribution < 1.29 is 9.53 Å². The monoisotopic (exact) mass is 387 g/mol. The molecule has 1 aliphatic heterocycles. The maximum atomic E-state index is 12.2. The number of ether oxygens (including phenoxy) is 1. The molecule has 2 aliphatic rings. The number of aryl methyl sites for hydroxylation is 1. The summed E-state index contributed by atoms with van der Waals surface area (Å²) in [5.41, 5.74) is 2.95. The summed E-state index contributed by atoms with van der Waals surface area (Å²) in [6.45, 7) is 6.43. The predicted octanol–water partition coefficient (Wildman–Crippen LogP) is 3.66. The molecule has 156 valence electrons. The summed E-state index contributed by atoms with van der Waals surface area (Å²) >= 11 is 0. The average molecular weight is 388 g/mol. The van der Waals surface area contributed by atoms with Crippen LogP contribution in [0, 0.1) is 5.92 Å². The molecule has 1 atom stereocenters. The summed E-state index contributed by atoms with van der Waals surface area (Å²) in [4.78, 5) is 18.6. The second-order valence-corrected chi connectivity index (χ2v) is 8.63. The number of carbonyl (C=O) groups is 1. The number of fused-ring (bicyclic) bond motifs is 1. The van der Waals surface area contributed by atoms with Crippen molar-refractivity contribution in [2.45, 2.75) is 51.5 Å². The number of piperidine rings is 1. The number of likely N-dealkylation sites (tertiary alicyclic amines) is 1. The lowest BCUT2D eigenvalue weighted by molar-refractivity contribution is 0.109. The molecular formula is C23H37N3O2. The Bertz CT molecular complexity index is 653. The number of urea groups is 1. The molecule has 1 heterocycles. The summed E-state index contributed by atoms with van der Waals surface area (Å²) in [5.74, 6) is 1.68. The third-order valence-electron chi connectivity index (χ3n) is 6.40. The lowest BCUT2D eigenvalue weighted by Crippen LogP contribution is -2.47. The van der Waals surface area contributed by atoms with Gasteiger partial charge in [0.1, 0.15) is 5.75 Å². The van der Waals surface area contributed by atoms with Crippen molar-refractivity contribution in [2.75, 3.05) is 47.4 Å². The van der Waals surface area contributed by atoms with Crippen molar-refractivity contribution in [1.82, 2.24) is 14.7 Å². The van der Waals surface area contributed by atoms with Crippen LogP contribution in [0.2, 0.25) is 0 Å². The van der Waals surface area contributed by atoms with Gasteiger partial charge in [-0.05, 0) is 74.2 Å². The molecule has 0 N–H and O–H groups in total. The standard InChI is InChI=1S/C23H37N3O2/c1-5-12-26(17-18-10-13-25(14-11-18)23(27)24(2)3)21-8-6-20-16-22(28-4)9-7-19(20)15-21/h7,9,16,18,21H,5-6,8,10-15,17H2,1-4H3. The molecular weight excluding hydrogens is 350 g/mol. The summed E-state index contributed by atoms with van der Waals surface area (Å²) in [6, 6.07) is 7.37. The van der Waals surface area contributed by atoms with E-state index in [4.69, 9.17) is 4.74 Å². The van der Waals surface area contributed by atoms with Crippen molar-refractivity contribution in [2.24, 2.45) is 5.92 Å². The van der Waals surface area contributed by atoms with Gasteiger partial charge in [0.2, 0.25) is 0 Å². The summed E-state index contributed by atoms with van der Waals surface area (Å²) in [6.07, 6.45) is 6.98. The van der Waals surface area contributed by atoms with Gasteiger partial charge in [0.25, 0.3) is 0 Å². The SMILES string of the molecule is CCCN(CC1CCN(C(=O)N(C)C)CC1)C1CCc2cc(OC)ccc2C1. The Morgan fingerprint density at radius 2 is 1.93 bits per heavy atom. The van der Waals surface area contributed by atoms with E-state index in [9.17, 15) is 4.79 Å². The fourth-order valence-electron chi connectivity index (χ4n) is 4.78. The van der Waals surface area contributed by atoms with Crippen LogP contribution in [0.1, 0.15) is 43.7 Å². The van der Waals surface area contributed by atoms with Crippen LogP contribution in [-0.4, -0.2) is 74.2 Å². The third-order valence-corrected chi connectivity index (χ3v) is 6.40. The largest absolute Gasteiger partial charge is 0.497 e. The van der Waals surface area contributed by atoms with Gasteiger partial charge in [0.05, 0.1) is 7.11 Å². The zero-order chi connectivity index (χ0) is 20.1. The quantitative estimate of drug-likeness (QED) is 0.747. The number of nitrogens with zero attached hydrogens (tertiary/aromatic N) is 3. The molecule has 1 unspecified atom stereocenters. The molecule has 1 aromatic rings. The first-order valence-electron chi connectivity index (χ1n) is 10.9. The second kappa shape index (κ2) is 9.64. The molecule has 1 fully saturated rings. The number of hydrogen-bond acceptors (Lipinski definition) is 3. The summed E-state index contributed by atoms with van der Waals surface area (Å²) < 4.78 is 5.39. The number of benzene rings is 1. The molecule has 0 aromatic heterocycles. The van der Waals surface area contributed by atoms with Gasteiger partial charge in [-0.1, -0.05) is 13.0 Å². The molecule has 0 radical (unpaired) electrons. The van der Waals surface area contributed by atoms with E-state index in [0.29, 0.717) is 12.0 Å². The van der Waals surface area contributed by atoms with E-state index in [0.717, 1.165) is 44.5 Å². The Morgan fingerprint density at radius 3 is 2.57 bits per heavy atom. The topological polar surface area (TPSA) is 36.0 Å². The van der Waals surface area contributed by atoms with E-state index < -0.39 is 0 Å². The zero-order valence-corrected chi connectivity index (χ0v) is 18.1. The molecule has 1 saturated heterocycles.